The largest absolute Gasteiger partial charge is 0.155 e. The van der Waals surface area contributed by atoms with E-state index in [9.17, 15) is 0 Å². The fourth-order valence-corrected chi connectivity index (χ4v) is 1.44. The predicted molar refractivity (Wildman–Crippen MR) is 45.5 cm³/mol. The van der Waals surface area contributed by atoms with Gasteiger partial charge in [-0.05, 0) is 19.1 Å². The Morgan fingerprint density at radius 3 is 2.91 bits per heavy atom. The minimum absolute atomic E-state index is 0.727. The molecule has 3 heteroatoms. The average Bonchev–Trinajstić information content (AvgIpc) is 2.34. The van der Waals surface area contributed by atoms with Gasteiger partial charge in [0.1, 0.15) is 0 Å². The summed E-state index contributed by atoms with van der Waals surface area (Å²) in [5.41, 5.74) is 6.68. The van der Waals surface area contributed by atoms with Crippen LogP contribution in [0.5, 0.6) is 0 Å². The van der Waals surface area contributed by atoms with Crippen molar-refractivity contribution in [3.63, 3.8) is 0 Å². The molecule has 2 nitrogen and oxygen atoms in total. The highest BCUT2D eigenvalue weighted by molar-refractivity contribution is 6.35. The topological polar surface area (TPSA) is 26.5 Å². The molecule has 0 amide bonds. The highest BCUT2D eigenvalue weighted by Crippen LogP contribution is 2.28. The second kappa shape index (κ2) is 2.24. The third-order valence-electron chi connectivity index (χ3n) is 1.66. The van der Waals surface area contributed by atoms with Crippen LogP contribution in [0.15, 0.2) is 23.3 Å². The Labute approximate surface area is 69.9 Å². The molecule has 11 heavy (non-hydrogen) atoms. The Morgan fingerprint density at radius 1 is 1.36 bits per heavy atom. The van der Waals surface area contributed by atoms with Gasteiger partial charge < -0.3 is 0 Å². The van der Waals surface area contributed by atoms with Gasteiger partial charge in [0.15, 0.2) is 0 Å². The van der Waals surface area contributed by atoms with E-state index in [2.05, 4.69) is 10.5 Å². The Kier molecular flexibility index (Phi) is 1.36. The van der Waals surface area contributed by atoms with Crippen molar-refractivity contribution in [2.75, 3.05) is 0 Å². The molecule has 0 unspecified atom stereocenters. The molecule has 0 fully saturated rings. The van der Waals surface area contributed by atoms with E-state index in [0.717, 1.165) is 22.0 Å². The molecule has 1 aromatic rings. The van der Waals surface area contributed by atoms with E-state index in [0.29, 0.717) is 0 Å². The van der Waals surface area contributed by atoms with E-state index < -0.39 is 0 Å². The van der Waals surface area contributed by atoms with E-state index in [4.69, 9.17) is 11.6 Å². The molecule has 1 aliphatic heterocycles. The van der Waals surface area contributed by atoms with E-state index in [1.807, 2.05) is 25.1 Å². The van der Waals surface area contributed by atoms with Gasteiger partial charge in [-0.1, -0.05) is 17.7 Å². The van der Waals surface area contributed by atoms with Gasteiger partial charge in [0.25, 0.3) is 0 Å². The average molecular weight is 166 g/mol. The minimum atomic E-state index is 0.727. The molecule has 0 saturated carbocycles. The maximum Gasteiger partial charge on any atom is 0.0963 e. The summed E-state index contributed by atoms with van der Waals surface area (Å²) < 4.78 is 0. The molecular weight excluding hydrogens is 160 g/mol. The molecule has 0 atom stereocenters. The van der Waals surface area contributed by atoms with Crippen LogP contribution in [0.4, 0.5) is 5.69 Å². The van der Waals surface area contributed by atoms with Crippen molar-refractivity contribution in [1.82, 2.24) is 5.43 Å². The van der Waals surface area contributed by atoms with Crippen molar-refractivity contribution < 1.29 is 0 Å². The molecule has 0 bridgehead atoms. The van der Waals surface area contributed by atoms with Crippen LogP contribution in [0, 0.1) is 0 Å². The summed E-state index contributed by atoms with van der Waals surface area (Å²) in [6.07, 6.45) is 0. The Bertz CT molecular complexity index is 331. The molecule has 1 heterocycles. The minimum Gasteiger partial charge on any atom is -0.155 e. The zero-order chi connectivity index (χ0) is 7.84. The Hall–Kier alpha value is -1.02. The van der Waals surface area contributed by atoms with Crippen LogP contribution in [0.2, 0.25) is 5.02 Å². The van der Waals surface area contributed by atoms with Gasteiger partial charge in [-0.2, -0.15) is 10.5 Å². The van der Waals surface area contributed by atoms with Gasteiger partial charge in [-0.3, -0.25) is 0 Å². The monoisotopic (exact) mass is 165 g/mol. The van der Waals surface area contributed by atoms with Crippen molar-refractivity contribution in [2.45, 2.75) is 6.92 Å². The molecule has 0 saturated heterocycles. The molecule has 2 rings (SSSR count). The smallest absolute Gasteiger partial charge is 0.0963 e. The fraction of sp³-hybridized carbons (Fsp3) is 0.125. The van der Waals surface area contributed by atoms with Crippen LogP contribution in [-0.2, 0) is 0 Å². The van der Waals surface area contributed by atoms with Gasteiger partial charge >= 0.3 is 0 Å². The van der Waals surface area contributed by atoms with Gasteiger partial charge in [-0.25, -0.2) is 0 Å². The summed E-state index contributed by atoms with van der Waals surface area (Å²) in [7, 11) is 0. The highest BCUT2D eigenvalue weighted by Gasteiger charge is 2.15. The van der Waals surface area contributed by atoms with Crippen molar-refractivity contribution in [3.05, 3.63) is 28.8 Å². The lowest BCUT2D eigenvalue weighted by molar-refractivity contribution is 0.986. The molecule has 0 aromatic heterocycles. The Balaban J connectivity index is 2.67. The maximum absolute atomic E-state index is 5.92. The van der Waals surface area contributed by atoms with Crippen LogP contribution in [0.3, 0.4) is 0 Å². The first-order valence-corrected chi connectivity index (χ1v) is 3.71. The second-order valence-corrected chi connectivity index (χ2v) is 2.83. The number of halogens is 1. The van der Waals surface area contributed by atoms with Gasteiger partial charge in [-0.15, -0.1) is 0 Å². The number of hydrogen-bond donors (Lipinski definition) is 0. The zero-order valence-corrected chi connectivity index (χ0v) is 6.76. The first-order chi connectivity index (χ1) is 5.29. The van der Waals surface area contributed by atoms with Crippen LogP contribution in [-0.4, -0.2) is 5.71 Å². The van der Waals surface area contributed by atoms with E-state index >= 15 is 0 Å². The van der Waals surface area contributed by atoms with Crippen molar-refractivity contribution in [3.8, 4) is 0 Å². The highest BCUT2D eigenvalue weighted by atomic mass is 35.5. The number of hydrogen-bond acceptors (Lipinski definition) is 1. The van der Waals surface area contributed by atoms with Crippen molar-refractivity contribution in [2.24, 2.45) is 5.10 Å². The summed E-state index contributed by atoms with van der Waals surface area (Å²) in [5, 5.41) is 4.65. The van der Waals surface area contributed by atoms with E-state index in [1.54, 1.807) is 0 Å². The molecular formula is C8H6ClN2. The van der Waals surface area contributed by atoms with Crippen LogP contribution < -0.4 is 5.43 Å². The summed E-state index contributed by atoms with van der Waals surface area (Å²) in [5.74, 6) is 0. The zero-order valence-electron chi connectivity index (χ0n) is 6.00. The van der Waals surface area contributed by atoms with Crippen LogP contribution >= 0.6 is 11.6 Å². The first-order valence-electron chi connectivity index (χ1n) is 3.33. The molecule has 55 valence electrons. The third-order valence-corrected chi connectivity index (χ3v) is 1.98. The van der Waals surface area contributed by atoms with Crippen LogP contribution in [0.1, 0.15) is 12.5 Å². The summed E-state index contributed by atoms with van der Waals surface area (Å²) in [6.45, 7) is 1.90. The number of nitrogens with zero attached hydrogens (tertiary/aromatic N) is 2. The molecule has 0 aliphatic carbocycles. The van der Waals surface area contributed by atoms with Gasteiger partial charge in [0.2, 0.25) is 0 Å². The molecule has 0 N–H and O–H groups in total. The first kappa shape index (κ1) is 6.68. The third kappa shape index (κ3) is 0.906. The summed E-state index contributed by atoms with van der Waals surface area (Å²) >= 11 is 5.92. The lowest BCUT2D eigenvalue weighted by Gasteiger charge is -1.97. The number of fused-ring (bicyclic) bond motifs is 1. The van der Waals surface area contributed by atoms with Crippen molar-refractivity contribution in [1.29, 1.82) is 0 Å². The van der Waals surface area contributed by atoms with Gasteiger partial charge in [0.05, 0.1) is 16.4 Å². The fourth-order valence-electron chi connectivity index (χ4n) is 1.13. The van der Waals surface area contributed by atoms with Crippen molar-refractivity contribution >= 4 is 23.0 Å². The molecule has 0 spiro atoms. The van der Waals surface area contributed by atoms with E-state index in [-0.39, 0.29) is 0 Å². The molecule has 1 radical (unpaired) electrons. The second-order valence-electron chi connectivity index (χ2n) is 2.42. The normalized spacial score (nSPS) is 13.8. The standard InChI is InChI=1S/C8H6ClN2/c1-5-8-6(9)3-2-4-7(8)11-10-5/h2-4H,1H3. The van der Waals surface area contributed by atoms with E-state index in [1.165, 1.54) is 0 Å². The van der Waals surface area contributed by atoms with Crippen LogP contribution in [0.25, 0.3) is 0 Å². The van der Waals surface area contributed by atoms with Gasteiger partial charge in [0, 0.05) is 5.56 Å². The predicted octanol–water partition coefficient (Wildman–Crippen LogP) is 2.31. The molecule has 1 aromatic carbocycles. The quantitative estimate of drug-likeness (QED) is 0.564. The SMILES string of the molecule is CC1=N[N]c2cccc(Cl)c21. The maximum atomic E-state index is 5.92. The molecule has 1 aliphatic rings. The summed E-state index contributed by atoms with van der Waals surface area (Å²) in [4.78, 5) is 0. The Morgan fingerprint density at radius 2 is 2.18 bits per heavy atom. The number of benzene rings is 1. The lowest BCUT2D eigenvalue weighted by atomic mass is 10.1. The number of rotatable bonds is 0. The lowest BCUT2D eigenvalue weighted by Crippen LogP contribution is -1.89. The summed E-state index contributed by atoms with van der Waals surface area (Å²) in [6, 6.07) is 5.63.